The van der Waals surface area contributed by atoms with Crippen molar-refractivity contribution in [3.8, 4) is 5.75 Å². The number of aliphatic hydroxyl groups is 1. The molecule has 1 aliphatic heterocycles. The summed E-state index contributed by atoms with van der Waals surface area (Å²) in [4.78, 5) is 16.8. The first-order valence-electron chi connectivity index (χ1n) is 7.72. The molecule has 0 unspecified atom stereocenters. The largest absolute Gasteiger partial charge is 0.482 e. The predicted molar refractivity (Wildman–Crippen MR) is 96.6 cm³/mol. The van der Waals surface area contributed by atoms with Crippen LogP contribution in [0.25, 0.3) is 0 Å². The number of thiazole rings is 1. The van der Waals surface area contributed by atoms with Crippen molar-refractivity contribution < 1.29 is 14.6 Å². The van der Waals surface area contributed by atoms with Crippen LogP contribution in [-0.4, -0.2) is 22.6 Å². The van der Waals surface area contributed by atoms with Crippen LogP contribution in [0.2, 0.25) is 0 Å². The SMILES string of the molecule is CCC(O)(CC)c1csc(NSc2ccc3c(c2)NC(=O)CO3)n1. The molecule has 0 aliphatic carbocycles. The maximum absolute atomic E-state index is 11.4. The van der Waals surface area contributed by atoms with Gasteiger partial charge in [0.25, 0.3) is 5.91 Å². The van der Waals surface area contributed by atoms with E-state index in [2.05, 4.69) is 15.0 Å². The summed E-state index contributed by atoms with van der Waals surface area (Å²) < 4.78 is 8.52. The molecule has 1 aliphatic rings. The molecule has 0 atom stereocenters. The Morgan fingerprint density at radius 2 is 2.25 bits per heavy atom. The minimum absolute atomic E-state index is 0.0530. The minimum Gasteiger partial charge on any atom is -0.482 e. The van der Waals surface area contributed by atoms with E-state index in [0.717, 1.165) is 10.0 Å². The van der Waals surface area contributed by atoms with Crippen LogP contribution in [-0.2, 0) is 10.4 Å². The van der Waals surface area contributed by atoms with Gasteiger partial charge in [0.1, 0.15) is 11.4 Å². The molecule has 2 aromatic rings. The highest BCUT2D eigenvalue weighted by molar-refractivity contribution is 8.00. The van der Waals surface area contributed by atoms with Gasteiger partial charge in [-0.25, -0.2) is 4.98 Å². The molecule has 0 saturated carbocycles. The van der Waals surface area contributed by atoms with E-state index in [0.29, 0.717) is 30.0 Å². The van der Waals surface area contributed by atoms with Gasteiger partial charge in [0.15, 0.2) is 11.7 Å². The van der Waals surface area contributed by atoms with Crippen molar-refractivity contribution >= 4 is 40.0 Å². The van der Waals surface area contributed by atoms with Crippen molar-refractivity contribution in [1.82, 2.24) is 4.98 Å². The number of hydrogen-bond donors (Lipinski definition) is 3. The fourth-order valence-electron chi connectivity index (χ4n) is 2.37. The van der Waals surface area contributed by atoms with Crippen molar-refractivity contribution in [1.29, 1.82) is 0 Å². The Morgan fingerprint density at radius 1 is 1.46 bits per heavy atom. The summed E-state index contributed by atoms with van der Waals surface area (Å²) in [5, 5.41) is 15.9. The average molecular weight is 365 g/mol. The highest BCUT2D eigenvalue weighted by Gasteiger charge is 2.27. The van der Waals surface area contributed by atoms with Crippen LogP contribution in [0.5, 0.6) is 5.75 Å². The van der Waals surface area contributed by atoms with E-state index in [4.69, 9.17) is 4.74 Å². The van der Waals surface area contributed by atoms with E-state index in [1.807, 2.05) is 37.4 Å². The van der Waals surface area contributed by atoms with Crippen LogP contribution in [0.4, 0.5) is 10.8 Å². The average Bonchev–Trinajstić information content (AvgIpc) is 3.08. The van der Waals surface area contributed by atoms with Crippen LogP contribution in [0.3, 0.4) is 0 Å². The van der Waals surface area contributed by atoms with Crippen molar-refractivity contribution in [3.05, 3.63) is 29.3 Å². The second-order valence-electron chi connectivity index (χ2n) is 5.48. The summed E-state index contributed by atoms with van der Waals surface area (Å²) in [6.45, 7) is 3.96. The van der Waals surface area contributed by atoms with E-state index in [9.17, 15) is 9.90 Å². The lowest BCUT2D eigenvalue weighted by Gasteiger charge is -2.22. The first-order chi connectivity index (χ1) is 11.5. The molecule has 0 radical (unpaired) electrons. The van der Waals surface area contributed by atoms with Crippen molar-refractivity contribution in [2.45, 2.75) is 37.2 Å². The van der Waals surface area contributed by atoms with Gasteiger partial charge >= 0.3 is 0 Å². The Hall–Kier alpha value is -1.77. The summed E-state index contributed by atoms with van der Waals surface area (Å²) >= 11 is 2.85. The number of carbonyl (C=O) groups excluding carboxylic acids is 1. The molecule has 2 heterocycles. The van der Waals surface area contributed by atoms with Crippen molar-refractivity contribution in [2.24, 2.45) is 0 Å². The van der Waals surface area contributed by atoms with Gasteiger partial charge in [0.2, 0.25) is 0 Å². The number of aromatic nitrogens is 1. The van der Waals surface area contributed by atoms with E-state index in [1.54, 1.807) is 0 Å². The lowest BCUT2D eigenvalue weighted by molar-refractivity contribution is -0.118. The Balaban J connectivity index is 1.67. The molecule has 0 fully saturated rings. The van der Waals surface area contributed by atoms with Crippen LogP contribution in [0.15, 0.2) is 28.5 Å². The van der Waals surface area contributed by atoms with Crippen LogP contribution in [0.1, 0.15) is 32.4 Å². The molecule has 3 rings (SSSR count). The van der Waals surface area contributed by atoms with Gasteiger partial charge in [-0.15, -0.1) is 11.3 Å². The molecule has 1 aromatic heterocycles. The lowest BCUT2D eigenvalue weighted by Crippen LogP contribution is -2.25. The van der Waals surface area contributed by atoms with Gasteiger partial charge in [0, 0.05) is 10.3 Å². The number of carbonyl (C=O) groups is 1. The second kappa shape index (κ2) is 7.00. The fourth-order valence-corrected chi connectivity index (χ4v) is 3.90. The van der Waals surface area contributed by atoms with Gasteiger partial charge in [-0.05, 0) is 43.0 Å². The number of fused-ring (bicyclic) bond motifs is 1. The molecule has 1 amide bonds. The molecule has 0 spiro atoms. The number of nitrogens with zero attached hydrogens (tertiary/aromatic N) is 1. The number of rotatable bonds is 6. The van der Waals surface area contributed by atoms with Gasteiger partial charge < -0.3 is 19.9 Å². The Labute approximate surface area is 148 Å². The first-order valence-corrected chi connectivity index (χ1v) is 9.41. The van der Waals surface area contributed by atoms with E-state index in [1.165, 1.54) is 23.3 Å². The molecule has 8 heteroatoms. The molecule has 1 aromatic carbocycles. The van der Waals surface area contributed by atoms with Crippen molar-refractivity contribution in [2.75, 3.05) is 16.6 Å². The van der Waals surface area contributed by atoms with E-state index in [-0.39, 0.29) is 12.5 Å². The van der Waals surface area contributed by atoms with E-state index >= 15 is 0 Å². The third-order valence-electron chi connectivity index (χ3n) is 3.99. The topological polar surface area (TPSA) is 83.5 Å². The zero-order valence-corrected chi connectivity index (χ0v) is 15.1. The predicted octanol–water partition coefficient (Wildman–Crippen LogP) is 3.60. The highest BCUT2D eigenvalue weighted by Crippen LogP contribution is 2.35. The third kappa shape index (κ3) is 3.50. The summed E-state index contributed by atoms with van der Waals surface area (Å²) in [5.74, 6) is 0.520. The van der Waals surface area contributed by atoms with E-state index < -0.39 is 5.60 Å². The molecule has 3 N–H and O–H groups in total. The first kappa shape index (κ1) is 17.1. The lowest BCUT2D eigenvalue weighted by atomic mass is 9.94. The standard InChI is InChI=1S/C16H19N3O3S2/c1-3-16(21,4-2)13-9-23-15(18-13)19-24-10-5-6-12-11(7-10)17-14(20)8-22-12/h5-7,9,21H,3-4,8H2,1-2H3,(H,17,20)(H,18,19). The minimum atomic E-state index is -0.867. The zero-order valence-electron chi connectivity index (χ0n) is 13.5. The molecule has 6 nitrogen and oxygen atoms in total. The summed E-state index contributed by atoms with van der Waals surface area (Å²) in [6.07, 6.45) is 1.26. The number of amides is 1. The Morgan fingerprint density at radius 3 is 3.00 bits per heavy atom. The molecule has 24 heavy (non-hydrogen) atoms. The maximum atomic E-state index is 11.4. The number of benzene rings is 1. The molecule has 128 valence electrons. The second-order valence-corrected chi connectivity index (χ2v) is 7.21. The maximum Gasteiger partial charge on any atom is 0.262 e. The number of ether oxygens (including phenoxy) is 1. The normalized spacial score (nSPS) is 13.9. The molecular weight excluding hydrogens is 346 g/mol. The highest BCUT2D eigenvalue weighted by atomic mass is 32.2. The zero-order chi connectivity index (χ0) is 17.2. The number of hydrogen-bond acceptors (Lipinski definition) is 7. The molecule has 0 saturated heterocycles. The molecular formula is C16H19N3O3S2. The van der Waals surface area contributed by atoms with Gasteiger partial charge in [-0.1, -0.05) is 13.8 Å². The van der Waals surface area contributed by atoms with Gasteiger partial charge in [-0.2, -0.15) is 0 Å². The van der Waals surface area contributed by atoms with Crippen LogP contribution < -0.4 is 14.8 Å². The number of anilines is 2. The van der Waals surface area contributed by atoms with Crippen LogP contribution >= 0.6 is 23.3 Å². The van der Waals surface area contributed by atoms with Gasteiger partial charge in [0.05, 0.1) is 11.4 Å². The monoisotopic (exact) mass is 365 g/mol. The van der Waals surface area contributed by atoms with Gasteiger partial charge in [-0.3, -0.25) is 4.79 Å². The van der Waals surface area contributed by atoms with Crippen LogP contribution in [0, 0.1) is 0 Å². The smallest absolute Gasteiger partial charge is 0.262 e. The van der Waals surface area contributed by atoms with Crippen molar-refractivity contribution in [3.63, 3.8) is 0 Å². The third-order valence-corrected chi connectivity index (χ3v) is 5.66. The fraction of sp³-hybridized carbons (Fsp3) is 0.375. The Kier molecular flexibility index (Phi) is 4.98. The quantitative estimate of drug-likeness (QED) is 0.679. The summed E-state index contributed by atoms with van der Waals surface area (Å²) in [7, 11) is 0. The summed E-state index contributed by atoms with van der Waals surface area (Å²) in [5.41, 5.74) is 0.505. The summed E-state index contributed by atoms with van der Waals surface area (Å²) in [6, 6.07) is 5.60. The Bertz CT molecular complexity index is 744. The molecule has 0 bridgehead atoms. The number of nitrogens with one attached hydrogen (secondary N) is 2.